The second kappa shape index (κ2) is 8.14. The van der Waals surface area contributed by atoms with E-state index in [4.69, 9.17) is 4.74 Å². The first-order chi connectivity index (χ1) is 12.6. The summed E-state index contributed by atoms with van der Waals surface area (Å²) in [5.41, 5.74) is 1.17. The summed E-state index contributed by atoms with van der Waals surface area (Å²) in [6.45, 7) is 6.11. The quantitative estimate of drug-likeness (QED) is 0.823. The van der Waals surface area contributed by atoms with Gasteiger partial charge in [0.05, 0.1) is 0 Å². The summed E-state index contributed by atoms with van der Waals surface area (Å²) in [5, 5.41) is 2.64. The molecule has 3 rings (SSSR count). The summed E-state index contributed by atoms with van der Waals surface area (Å²) >= 11 is 0. The molecule has 0 saturated carbocycles. The zero-order valence-electron chi connectivity index (χ0n) is 14.6. The first-order valence-electron chi connectivity index (χ1n) is 8.81. The minimum absolute atomic E-state index is 0.0388. The van der Waals surface area contributed by atoms with Crippen LogP contribution in [0.2, 0.25) is 0 Å². The van der Waals surface area contributed by atoms with Crippen LogP contribution in [0, 0.1) is 0 Å². The van der Waals surface area contributed by atoms with Crippen LogP contribution < -0.4 is 5.32 Å². The number of ether oxygens (including phenoxy) is 1. The maximum absolute atomic E-state index is 12.6. The fourth-order valence-corrected chi connectivity index (χ4v) is 3.18. The van der Waals surface area contributed by atoms with Gasteiger partial charge in [-0.05, 0) is 43.2 Å². The average molecular weight is 357 g/mol. The Kier molecular flexibility index (Phi) is 5.68. The van der Waals surface area contributed by atoms with Crippen LogP contribution in [0.3, 0.4) is 0 Å². The molecule has 2 fully saturated rings. The van der Waals surface area contributed by atoms with Crippen molar-refractivity contribution in [2.75, 3.05) is 38.1 Å². The molecule has 1 N–H and O–H groups in total. The lowest BCUT2D eigenvalue weighted by Gasteiger charge is -2.35. The van der Waals surface area contributed by atoms with Crippen molar-refractivity contribution < 1.29 is 19.1 Å². The minimum atomic E-state index is -0.310. The van der Waals surface area contributed by atoms with Gasteiger partial charge in [-0.3, -0.25) is 14.4 Å². The van der Waals surface area contributed by atoms with E-state index in [9.17, 15) is 14.4 Å². The lowest BCUT2D eigenvalue weighted by atomic mass is 10.1. The molecular weight excluding hydrogens is 334 g/mol. The van der Waals surface area contributed by atoms with Crippen LogP contribution in [-0.2, 0) is 14.3 Å². The Bertz CT molecular complexity index is 687. The van der Waals surface area contributed by atoms with Crippen LogP contribution in [-0.4, -0.2) is 66.4 Å². The van der Waals surface area contributed by atoms with E-state index in [1.165, 1.54) is 6.08 Å². The molecule has 26 heavy (non-hydrogen) atoms. The van der Waals surface area contributed by atoms with Crippen LogP contribution in [0.25, 0.3) is 0 Å². The molecule has 1 aromatic carbocycles. The van der Waals surface area contributed by atoms with Crippen molar-refractivity contribution in [3.8, 4) is 0 Å². The second-order valence-corrected chi connectivity index (χ2v) is 6.39. The smallest absolute Gasteiger partial charge is 0.253 e. The molecule has 2 aliphatic heterocycles. The molecule has 7 nitrogen and oxygen atoms in total. The maximum Gasteiger partial charge on any atom is 0.253 e. The first-order valence-corrected chi connectivity index (χ1v) is 8.81. The number of hydrogen-bond acceptors (Lipinski definition) is 4. The van der Waals surface area contributed by atoms with E-state index in [-0.39, 0.29) is 23.8 Å². The van der Waals surface area contributed by atoms with Crippen LogP contribution >= 0.6 is 0 Å². The third kappa shape index (κ3) is 4.11. The van der Waals surface area contributed by atoms with Crippen molar-refractivity contribution in [3.05, 3.63) is 42.5 Å². The highest BCUT2D eigenvalue weighted by Crippen LogP contribution is 2.17. The molecule has 1 unspecified atom stereocenters. The first kappa shape index (κ1) is 18.1. The highest BCUT2D eigenvalue weighted by atomic mass is 16.5. The Balaban J connectivity index is 1.53. The van der Waals surface area contributed by atoms with Crippen molar-refractivity contribution in [2.24, 2.45) is 0 Å². The Hall–Kier alpha value is -2.67. The van der Waals surface area contributed by atoms with E-state index in [0.29, 0.717) is 44.0 Å². The van der Waals surface area contributed by atoms with Crippen molar-refractivity contribution in [1.29, 1.82) is 0 Å². The Morgan fingerprint density at radius 2 is 1.73 bits per heavy atom. The number of nitrogens with one attached hydrogen (secondary N) is 1. The summed E-state index contributed by atoms with van der Waals surface area (Å²) in [5.74, 6) is -0.330. The van der Waals surface area contributed by atoms with Gasteiger partial charge in [-0.15, -0.1) is 0 Å². The highest BCUT2D eigenvalue weighted by molar-refractivity contribution is 5.99. The molecule has 138 valence electrons. The summed E-state index contributed by atoms with van der Waals surface area (Å²) in [7, 11) is 0. The third-order valence-electron chi connectivity index (χ3n) is 4.67. The molecule has 2 saturated heterocycles. The molecule has 0 aliphatic carbocycles. The van der Waals surface area contributed by atoms with E-state index >= 15 is 0 Å². The Morgan fingerprint density at radius 1 is 1.08 bits per heavy atom. The van der Waals surface area contributed by atoms with E-state index in [1.54, 1.807) is 34.1 Å². The van der Waals surface area contributed by atoms with Gasteiger partial charge in [0.25, 0.3) is 11.8 Å². The van der Waals surface area contributed by atoms with Gasteiger partial charge in [0.1, 0.15) is 6.10 Å². The number of nitrogens with zero attached hydrogens (tertiary/aromatic N) is 2. The van der Waals surface area contributed by atoms with Crippen LogP contribution in [0.5, 0.6) is 0 Å². The van der Waals surface area contributed by atoms with Gasteiger partial charge in [0, 0.05) is 44.0 Å². The molecule has 2 aliphatic rings. The lowest BCUT2D eigenvalue weighted by molar-refractivity contribution is -0.142. The zero-order chi connectivity index (χ0) is 18.5. The molecule has 0 spiro atoms. The van der Waals surface area contributed by atoms with Crippen LogP contribution in [0.4, 0.5) is 5.69 Å². The SMILES string of the molecule is C=CC(=O)Nc1ccc(C(=O)N2CCN(C(=O)C3CCCO3)CC2)cc1. The molecule has 1 atom stereocenters. The molecular formula is C19H23N3O4. The number of piperazine rings is 1. The van der Waals surface area contributed by atoms with Gasteiger partial charge >= 0.3 is 0 Å². The third-order valence-corrected chi connectivity index (χ3v) is 4.67. The maximum atomic E-state index is 12.6. The summed E-state index contributed by atoms with van der Waals surface area (Å²) in [4.78, 5) is 39.8. The van der Waals surface area contributed by atoms with E-state index in [1.807, 2.05) is 0 Å². The van der Waals surface area contributed by atoms with Gasteiger partial charge < -0.3 is 19.9 Å². The fourth-order valence-electron chi connectivity index (χ4n) is 3.18. The average Bonchev–Trinajstić information content (AvgIpc) is 3.22. The number of rotatable bonds is 4. The monoisotopic (exact) mass is 357 g/mol. The summed E-state index contributed by atoms with van der Waals surface area (Å²) in [6, 6.07) is 6.74. The standard InChI is InChI=1S/C19H23N3O4/c1-2-17(23)20-15-7-5-14(6-8-15)18(24)21-9-11-22(12-10-21)19(25)16-4-3-13-26-16/h2,5-8,16H,1,3-4,9-13H2,(H,20,23). The fraction of sp³-hybridized carbons (Fsp3) is 0.421. The Labute approximate surface area is 152 Å². The van der Waals surface area contributed by atoms with E-state index in [0.717, 1.165) is 12.8 Å². The summed E-state index contributed by atoms with van der Waals surface area (Å²) < 4.78 is 5.45. The number of benzene rings is 1. The predicted octanol–water partition coefficient (Wildman–Crippen LogP) is 1.27. The lowest BCUT2D eigenvalue weighted by Crippen LogP contribution is -2.52. The molecule has 2 heterocycles. The highest BCUT2D eigenvalue weighted by Gasteiger charge is 2.31. The molecule has 0 aromatic heterocycles. The number of anilines is 1. The summed E-state index contributed by atoms with van der Waals surface area (Å²) in [6.07, 6.45) is 2.59. The van der Waals surface area contributed by atoms with Crippen molar-refractivity contribution in [2.45, 2.75) is 18.9 Å². The van der Waals surface area contributed by atoms with Crippen LogP contribution in [0.1, 0.15) is 23.2 Å². The van der Waals surface area contributed by atoms with Gasteiger partial charge in [0.2, 0.25) is 5.91 Å². The van der Waals surface area contributed by atoms with Crippen molar-refractivity contribution in [3.63, 3.8) is 0 Å². The molecule has 1 aromatic rings. The van der Waals surface area contributed by atoms with Crippen molar-refractivity contribution >= 4 is 23.4 Å². The minimum Gasteiger partial charge on any atom is -0.368 e. The predicted molar refractivity (Wildman–Crippen MR) is 96.7 cm³/mol. The van der Waals surface area contributed by atoms with Gasteiger partial charge in [-0.2, -0.15) is 0 Å². The van der Waals surface area contributed by atoms with Gasteiger partial charge in [-0.1, -0.05) is 6.58 Å². The molecule has 0 bridgehead atoms. The number of carbonyl (C=O) groups excluding carboxylic acids is 3. The van der Waals surface area contributed by atoms with E-state index in [2.05, 4.69) is 11.9 Å². The number of hydrogen-bond donors (Lipinski definition) is 1. The number of carbonyl (C=O) groups is 3. The van der Waals surface area contributed by atoms with Crippen LogP contribution in [0.15, 0.2) is 36.9 Å². The largest absolute Gasteiger partial charge is 0.368 e. The molecule has 0 radical (unpaired) electrons. The van der Waals surface area contributed by atoms with Gasteiger partial charge in [0.15, 0.2) is 0 Å². The van der Waals surface area contributed by atoms with E-state index < -0.39 is 0 Å². The molecule has 7 heteroatoms. The Morgan fingerprint density at radius 3 is 2.31 bits per heavy atom. The normalized spacial score (nSPS) is 19.9. The topological polar surface area (TPSA) is 79.0 Å². The van der Waals surface area contributed by atoms with Crippen molar-refractivity contribution in [1.82, 2.24) is 9.80 Å². The zero-order valence-corrected chi connectivity index (χ0v) is 14.6. The second-order valence-electron chi connectivity index (χ2n) is 6.39. The number of amides is 3. The van der Waals surface area contributed by atoms with Gasteiger partial charge in [-0.25, -0.2) is 0 Å². The molecule has 3 amide bonds.